The van der Waals surface area contributed by atoms with E-state index in [-0.39, 0.29) is 12.1 Å². The van der Waals surface area contributed by atoms with Gasteiger partial charge in [0.15, 0.2) is 0 Å². The Morgan fingerprint density at radius 1 is 1.65 bits per heavy atom. The molecule has 0 aromatic carbocycles. The third-order valence-electron chi connectivity index (χ3n) is 4.40. The molecule has 1 saturated heterocycles. The molecule has 0 bridgehead atoms. The van der Waals surface area contributed by atoms with E-state index >= 15 is 0 Å². The first kappa shape index (κ1) is 18.2. The van der Waals surface area contributed by atoms with Gasteiger partial charge in [0.25, 0.3) is 0 Å². The van der Waals surface area contributed by atoms with Crippen LogP contribution in [0.5, 0.6) is 0 Å². The highest BCUT2D eigenvalue weighted by Gasteiger charge is 2.30. The lowest BCUT2D eigenvalue weighted by molar-refractivity contribution is 0.0114. The number of nitrogens with zero attached hydrogens (tertiary/aromatic N) is 3. The Labute approximate surface area is 142 Å². The van der Waals surface area contributed by atoms with Crippen LogP contribution in [0, 0.1) is 6.92 Å². The molecule has 2 heterocycles. The summed E-state index contributed by atoms with van der Waals surface area (Å²) in [4.78, 5) is 21.2. The second kappa shape index (κ2) is 8.61. The van der Waals surface area contributed by atoms with Crippen molar-refractivity contribution in [3.63, 3.8) is 0 Å². The maximum atomic E-state index is 12.5. The number of carbonyl (C=O) groups is 1. The van der Waals surface area contributed by atoms with Gasteiger partial charge >= 0.3 is 6.03 Å². The van der Waals surface area contributed by atoms with Crippen molar-refractivity contribution >= 4 is 17.4 Å². The zero-order valence-corrected chi connectivity index (χ0v) is 15.4. The molecule has 0 aliphatic carbocycles. The second-order valence-electron chi connectivity index (χ2n) is 6.08. The molecule has 1 aliphatic heterocycles. The number of carbonyl (C=O) groups excluding carboxylic acids is 1. The van der Waals surface area contributed by atoms with Crippen LogP contribution in [-0.4, -0.2) is 66.8 Å². The predicted molar refractivity (Wildman–Crippen MR) is 92.9 cm³/mol. The summed E-state index contributed by atoms with van der Waals surface area (Å²) in [5.41, 5.74) is 0.992. The second-order valence-corrected chi connectivity index (χ2v) is 6.97. The van der Waals surface area contributed by atoms with Gasteiger partial charge in [0, 0.05) is 36.8 Å². The smallest absolute Gasteiger partial charge is 0.318 e. The van der Waals surface area contributed by atoms with Gasteiger partial charge in [0.05, 0.1) is 13.2 Å². The van der Waals surface area contributed by atoms with Gasteiger partial charge in [0.1, 0.15) is 11.0 Å². The summed E-state index contributed by atoms with van der Waals surface area (Å²) in [6, 6.07) is 0.430. The van der Waals surface area contributed by atoms with E-state index in [0.717, 1.165) is 23.7 Å². The number of hydrogen-bond acceptors (Lipinski definition) is 5. The average molecular weight is 340 g/mol. The number of likely N-dealkylation sites (N-methyl/N-ethyl adjacent to an activating group) is 1. The molecule has 7 heteroatoms. The van der Waals surface area contributed by atoms with E-state index in [1.807, 2.05) is 17.2 Å². The molecule has 0 spiro atoms. The van der Waals surface area contributed by atoms with Crippen molar-refractivity contribution in [2.45, 2.75) is 39.3 Å². The summed E-state index contributed by atoms with van der Waals surface area (Å²) in [6.45, 7) is 9.56. The molecule has 6 nitrogen and oxygen atoms in total. The summed E-state index contributed by atoms with van der Waals surface area (Å²) in [7, 11) is 2.09. The molecular formula is C16H28N4O2S. The molecule has 0 radical (unpaired) electrons. The Bertz CT molecular complexity index is 508. The third kappa shape index (κ3) is 4.89. The lowest BCUT2D eigenvalue weighted by atomic mass is 10.2. The third-order valence-corrected chi connectivity index (χ3v) is 5.46. The van der Waals surface area contributed by atoms with E-state index in [9.17, 15) is 4.79 Å². The number of ether oxygens (including phenoxy) is 1. The number of urea groups is 1. The van der Waals surface area contributed by atoms with Crippen LogP contribution >= 0.6 is 11.3 Å². The molecule has 1 aromatic heterocycles. The number of nitrogens with one attached hydrogen (secondary N) is 1. The van der Waals surface area contributed by atoms with Crippen LogP contribution in [0.1, 0.15) is 37.0 Å². The van der Waals surface area contributed by atoms with Crippen LogP contribution in [-0.2, 0) is 4.74 Å². The highest BCUT2D eigenvalue weighted by atomic mass is 32.1. The van der Waals surface area contributed by atoms with Crippen molar-refractivity contribution in [2.75, 3.05) is 39.9 Å². The molecule has 1 aliphatic rings. The Morgan fingerprint density at radius 2 is 2.43 bits per heavy atom. The Hall–Kier alpha value is -1.18. The molecule has 2 rings (SSSR count). The molecular weight excluding hydrogens is 312 g/mol. The Balaban J connectivity index is 1.88. The lowest BCUT2D eigenvalue weighted by Gasteiger charge is -2.34. The number of aromatic nitrogens is 1. The fraction of sp³-hybridized carbons (Fsp3) is 0.750. The molecule has 1 N–H and O–H groups in total. The van der Waals surface area contributed by atoms with Crippen molar-refractivity contribution in [1.29, 1.82) is 0 Å². The molecule has 1 fully saturated rings. The van der Waals surface area contributed by atoms with Gasteiger partial charge in [-0.25, -0.2) is 9.78 Å². The summed E-state index contributed by atoms with van der Waals surface area (Å²) < 4.78 is 5.55. The van der Waals surface area contributed by atoms with Crippen LogP contribution in [0.4, 0.5) is 4.79 Å². The van der Waals surface area contributed by atoms with Crippen molar-refractivity contribution in [3.05, 3.63) is 16.1 Å². The zero-order valence-electron chi connectivity index (χ0n) is 14.5. The fourth-order valence-corrected chi connectivity index (χ4v) is 3.44. The summed E-state index contributed by atoms with van der Waals surface area (Å²) in [5.74, 6) is 0. The number of amides is 2. The van der Waals surface area contributed by atoms with E-state index in [0.29, 0.717) is 32.3 Å². The summed E-state index contributed by atoms with van der Waals surface area (Å²) in [5, 5.41) is 6.00. The zero-order chi connectivity index (χ0) is 16.8. The van der Waals surface area contributed by atoms with Crippen LogP contribution in [0.3, 0.4) is 0 Å². The average Bonchev–Trinajstić information content (AvgIpc) is 3.00. The van der Waals surface area contributed by atoms with Crippen molar-refractivity contribution in [3.8, 4) is 0 Å². The van der Waals surface area contributed by atoms with Gasteiger partial charge in [-0.3, -0.25) is 0 Å². The number of rotatable bonds is 6. The van der Waals surface area contributed by atoms with Gasteiger partial charge in [-0.1, -0.05) is 6.92 Å². The standard InChI is InChI=1S/C16H28N4O2S/c1-5-13(3)19(4)7-6-17-16(21)20-8-9-22-10-14(20)15-18-12(2)11-23-15/h11,13-14H,5-10H2,1-4H3,(H,17,21)/t13-,14+/m1/s1. The van der Waals surface area contributed by atoms with E-state index in [2.05, 4.69) is 36.1 Å². The van der Waals surface area contributed by atoms with Crippen molar-refractivity contribution < 1.29 is 9.53 Å². The van der Waals surface area contributed by atoms with Gasteiger partial charge in [-0.15, -0.1) is 11.3 Å². The van der Waals surface area contributed by atoms with Crippen LogP contribution in [0.15, 0.2) is 5.38 Å². The van der Waals surface area contributed by atoms with Crippen molar-refractivity contribution in [1.82, 2.24) is 20.1 Å². The van der Waals surface area contributed by atoms with E-state index in [1.54, 1.807) is 11.3 Å². The number of thiazole rings is 1. The van der Waals surface area contributed by atoms with E-state index < -0.39 is 0 Å². The summed E-state index contributed by atoms with van der Waals surface area (Å²) >= 11 is 1.59. The van der Waals surface area contributed by atoms with Gasteiger partial charge in [-0.2, -0.15) is 0 Å². The minimum absolute atomic E-state index is 0.0243. The van der Waals surface area contributed by atoms with Gasteiger partial charge in [0.2, 0.25) is 0 Å². The largest absolute Gasteiger partial charge is 0.377 e. The van der Waals surface area contributed by atoms with Crippen LogP contribution < -0.4 is 5.32 Å². The molecule has 130 valence electrons. The van der Waals surface area contributed by atoms with E-state index in [1.165, 1.54) is 0 Å². The number of morpholine rings is 1. The lowest BCUT2D eigenvalue weighted by Crippen LogP contribution is -2.49. The highest BCUT2D eigenvalue weighted by Crippen LogP contribution is 2.26. The first-order valence-corrected chi connectivity index (χ1v) is 9.15. The first-order chi connectivity index (χ1) is 11.0. The molecule has 2 amide bonds. The van der Waals surface area contributed by atoms with E-state index in [4.69, 9.17) is 4.74 Å². The topological polar surface area (TPSA) is 57.7 Å². The normalized spacial score (nSPS) is 19.9. The SMILES string of the molecule is CC[C@@H](C)N(C)CCNC(=O)N1CCOC[C@H]1c1nc(C)cs1. The molecule has 0 saturated carbocycles. The maximum Gasteiger partial charge on any atom is 0.318 e. The molecule has 1 aromatic rings. The van der Waals surface area contributed by atoms with Crippen LogP contribution in [0.2, 0.25) is 0 Å². The van der Waals surface area contributed by atoms with Crippen molar-refractivity contribution in [2.24, 2.45) is 0 Å². The minimum Gasteiger partial charge on any atom is -0.377 e. The number of hydrogen-bond donors (Lipinski definition) is 1. The summed E-state index contributed by atoms with van der Waals surface area (Å²) in [6.07, 6.45) is 1.11. The maximum absolute atomic E-state index is 12.5. The van der Waals surface area contributed by atoms with Crippen LogP contribution in [0.25, 0.3) is 0 Å². The highest BCUT2D eigenvalue weighted by molar-refractivity contribution is 7.09. The quantitative estimate of drug-likeness (QED) is 0.863. The monoisotopic (exact) mass is 340 g/mol. The first-order valence-electron chi connectivity index (χ1n) is 8.27. The number of aryl methyl sites for hydroxylation is 1. The minimum atomic E-state index is -0.0743. The molecule has 23 heavy (non-hydrogen) atoms. The van der Waals surface area contributed by atoms with Gasteiger partial charge < -0.3 is 19.9 Å². The predicted octanol–water partition coefficient (Wildman–Crippen LogP) is 2.26. The van der Waals surface area contributed by atoms with Gasteiger partial charge in [-0.05, 0) is 27.3 Å². The molecule has 0 unspecified atom stereocenters. The Morgan fingerprint density at radius 3 is 3.09 bits per heavy atom. The molecule has 2 atom stereocenters. The fourth-order valence-electron chi connectivity index (χ4n) is 2.55. The Kier molecular flexibility index (Phi) is 6.80.